The molecule has 0 radical (unpaired) electrons. The summed E-state index contributed by atoms with van der Waals surface area (Å²) in [6.07, 6.45) is 0. The van der Waals surface area contributed by atoms with E-state index in [2.05, 4.69) is 140 Å². The van der Waals surface area contributed by atoms with E-state index in [1.807, 2.05) is 42.5 Å². The highest BCUT2D eigenvalue weighted by Crippen LogP contribution is 2.39. The summed E-state index contributed by atoms with van der Waals surface area (Å²) in [6.45, 7) is 0. The first-order valence-corrected chi connectivity index (χ1v) is 16.7. The lowest BCUT2D eigenvalue weighted by Gasteiger charge is -2.15. The van der Waals surface area contributed by atoms with Crippen molar-refractivity contribution in [2.45, 2.75) is 0 Å². The fraction of sp³-hybridized carbons (Fsp3) is 0. The molecule has 2 heterocycles. The second kappa shape index (κ2) is 12.7. The molecule has 0 aliphatic carbocycles. The van der Waals surface area contributed by atoms with E-state index >= 15 is 0 Å². The van der Waals surface area contributed by atoms with Crippen molar-refractivity contribution in [3.05, 3.63) is 182 Å². The summed E-state index contributed by atoms with van der Waals surface area (Å²) in [5.74, 6) is 1.89. The van der Waals surface area contributed by atoms with Gasteiger partial charge in [0.1, 0.15) is 0 Å². The zero-order valence-electron chi connectivity index (χ0n) is 27.1. The van der Waals surface area contributed by atoms with Crippen molar-refractivity contribution in [1.82, 2.24) is 19.9 Å². The predicted molar refractivity (Wildman–Crippen MR) is 205 cm³/mol. The average Bonchev–Trinajstić information content (AvgIpc) is 3.21. The zero-order valence-corrected chi connectivity index (χ0v) is 27.1. The first-order valence-electron chi connectivity index (χ1n) is 16.7. The molecule has 0 saturated heterocycles. The molecule has 0 aliphatic rings. The van der Waals surface area contributed by atoms with Gasteiger partial charge in [-0.1, -0.05) is 170 Å². The molecule has 0 amide bonds. The molecule has 0 N–H and O–H groups in total. The molecule has 50 heavy (non-hydrogen) atoms. The number of nitrogens with zero attached hydrogens (tertiary/aromatic N) is 4. The third kappa shape index (κ3) is 5.49. The lowest BCUT2D eigenvalue weighted by molar-refractivity contribution is 1.08. The Labute approximate surface area is 290 Å². The van der Waals surface area contributed by atoms with Gasteiger partial charge >= 0.3 is 0 Å². The van der Waals surface area contributed by atoms with Crippen LogP contribution in [0, 0.1) is 0 Å². The number of fused-ring (bicyclic) bond motifs is 3. The molecule has 0 unspecified atom stereocenters. The van der Waals surface area contributed by atoms with Crippen molar-refractivity contribution in [1.29, 1.82) is 0 Å². The topological polar surface area (TPSA) is 51.6 Å². The molecular weight excluding hydrogens is 609 g/mol. The molecule has 0 fully saturated rings. The van der Waals surface area contributed by atoms with Crippen LogP contribution in [-0.2, 0) is 0 Å². The lowest BCUT2D eigenvalue weighted by Crippen LogP contribution is -2.00. The molecule has 7 aromatic carbocycles. The number of hydrogen-bond acceptors (Lipinski definition) is 4. The molecular formula is C46H30N4. The minimum absolute atomic E-state index is 0.626. The summed E-state index contributed by atoms with van der Waals surface area (Å²) >= 11 is 0. The van der Waals surface area contributed by atoms with Crippen molar-refractivity contribution in [3.8, 4) is 67.7 Å². The van der Waals surface area contributed by atoms with E-state index in [9.17, 15) is 0 Å². The van der Waals surface area contributed by atoms with Crippen LogP contribution in [0.15, 0.2) is 182 Å². The molecule has 0 atom stereocenters. The van der Waals surface area contributed by atoms with Gasteiger partial charge in [0.2, 0.25) is 0 Å². The third-order valence-electron chi connectivity index (χ3n) is 9.14. The number of benzene rings is 7. The van der Waals surface area contributed by atoms with Gasteiger partial charge in [0.15, 0.2) is 17.5 Å². The van der Waals surface area contributed by atoms with E-state index in [1.54, 1.807) is 0 Å². The molecule has 0 aliphatic heterocycles. The summed E-state index contributed by atoms with van der Waals surface area (Å²) in [4.78, 5) is 20.4. The van der Waals surface area contributed by atoms with Crippen LogP contribution in [0.3, 0.4) is 0 Å². The summed E-state index contributed by atoms with van der Waals surface area (Å²) in [7, 11) is 0. The Balaban J connectivity index is 1.25. The van der Waals surface area contributed by atoms with Crippen LogP contribution in [0.25, 0.3) is 89.4 Å². The van der Waals surface area contributed by atoms with Gasteiger partial charge in [-0.3, -0.25) is 0 Å². The van der Waals surface area contributed by atoms with Gasteiger partial charge in [0.05, 0.1) is 11.2 Å². The van der Waals surface area contributed by atoms with Gasteiger partial charge < -0.3 is 0 Å². The van der Waals surface area contributed by atoms with Crippen LogP contribution in [-0.4, -0.2) is 19.9 Å². The molecule has 0 bridgehead atoms. The SMILES string of the molecule is c1ccc(-c2ccc(-c3nc(-c4ccccc4)nc(-c4cccc5c4ccc4nc(-c6ccccc6)cc(-c6ccccc6)c45)n3)cc2)cc1. The number of rotatable bonds is 6. The quantitative estimate of drug-likeness (QED) is 0.170. The number of aromatic nitrogens is 4. The van der Waals surface area contributed by atoms with Crippen LogP contribution in [0.5, 0.6) is 0 Å². The van der Waals surface area contributed by atoms with Crippen LogP contribution >= 0.6 is 0 Å². The van der Waals surface area contributed by atoms with Crippen LogP contribution < -0.4 is 0 Å². The Morgan fingerprint density at radius 1 is 0.280 bits per heavy atom. The molecule has 9 aromatic rings. The second-order valence-electron chi connectivity index (χ2n) is 12.3. The van der Waals surface area contributed by atoms with E-state index in [4.69, 9.17) is 19.9 Å². The summed E-state index contributed by atoms with van der Waals surface area (Å²) in [6, 6.07) is 62.8. The van der Waals surface area contributed by atoms with Gasteiger partial charge in [-0.05, 0) is 45.2 Å². The molecule has 4 heteroatoms. The van der Waals surface area contributed by atoms with Crippen LogP contribution in [0.2, 0.25) is 0 Å². The van der Waals surface area contributed by atoms with Gasteiger partial charge in [-0.15, -0.1) is 0 Å². The standard InChI is InChI=1S/C46H30N4/c1-5-14-31(15-6-1)32-24-26-36(27-25-32)45-48-44(35-20-11-4-12-21-35)49-46(50-45)39-23-13-22-38-37(39)28-29-41-43(38)40(33-16-7-2-8-17-33)30-42(47-41)34-18-9-3-10-19-34/h1-30H. The van der Waals surface area contributed by atoms with Crippen molar-refractivity contribution in [3.63, 3.8) is 0 Å². The van der Waals surface area contributed by atoms with Gasteiger partial charge in [-0.2, -0.15) is 0 Å². The highest BCUT2D eigenvalue weighted by atomic mass is 15.0. The largest absolute Gasteiger partial charge is 0.248 e. The maximum absolute atomic E-state index is 5.18. The minimum Gasteiger partial charge on any atom is -0.248 e. The van der Waals surface area contributed by atoms with E-state index < -0.39 is 0 Å². The molecule has 4 nitrogen and oxygen atoms in total. The fourth-order valence-corrected chi connectivity index (χ4v) is 6.67. The Hall–Kier alpha value is -6.78. The third-order valence-corrected chi connectivity index (χ3v) is 9.14. The van der Waals surface area contributed by atoms with E-state index in [1.165, 1.54) is 5.56 Å². The highest BCUT2D eigenvalue weighted by molar-refractivity contribution is 6.16. The number of pyridine rings is 1. The monoisotopic (exact) mass is 638 g/mol. The van der Waals surface area contributed by atoms with Crippen molar-refractivity contribution >= 4 is 21.7 Å². The Kier molecular flexibility index (Phi) is 7.45. The molecule has 9 rings (SSSR count). The maximum Gasteiger partial charge on any atom is 0.164 e. The average molecular weight is 639 g/mol. The molecule has 0 saturated carbocycles. The van der Waals surface area contributed by atoms with Crippen molar-refractivity contribution in [2.75, 3.05) is 0 Å². The number of hydrogen-bond donors (Lipinski definition) is 0. The first kappa shape index (κ1) is 29.4. The Morgan fingerprint density at radius 3 is 1.42 bits per heavy atom. The smallest absolute Gasteiger partial charge is 0.164 e. The highest BCUT2D eigenvalue weighted by Gasteiger charge is 2.18. The molecule has 234 valence electrons. The minimum atomic E-state index is 0.626. The first-order chi connectivity index (χ1) is 24.8. The fourth-order valence-electron chi connectivity index (χ4n) is 6.67. The summed E-state index contributed by atoms with van der Waals surface area (Å²) in [5.41, 5.74) is 10.4. The normalized spacial score (nSPS) is 11.2. The Morgan fingerprint density at radius 2 is 0.780 bits per heavy atom. The zero-order chi connectivity index (χ0) is 33.3. The summed E-state index contributed by atoms with van der Waals surface area (Å²) in [5, 5.41) is 3.26. The van der Waals surface area contributed by atoms with Gasteiger partial charge in [-0.25, -0.2) is 19.9 Å². The molecule has 2 aromatic heterocycles. The summed E-state index contributed by atoms with van der Waals surface area (Å²) < 4.78 is 0. The van der Waals surface area contributed by atoms with E-state index in [0.717, 1.165) is 66.3 Å². The van der Waals surface area contributed by atoms with E-state index in [-0.39, 0.29) is 0 Å². The van der Waals surface area contributed by atoms with Crippen molar-refractivity contribution in [2.24, 2.45) is 0 Å². The van der Waals surface area contributed by atoms with Crippen LogP contribution in [0.4, 0.5) is 0 Å². The van der Waals surface area contributed by atoms with Crippen molar-refractivity contribution < 1.29 is 0 Å². The lowest BCUT2D eigenvalue weighted by atomic mass is 9.93. The second-order valence-corrected chi connectivity index (χ2v) is 12.3. The molecule has 0 spiro atoms. The Bertz CT molecular complexity index is 2600. The van der Waals surface area contributed by atoms with Gasteiger partial charge in [0, 0.05) is 27.6 Å². The van der Waals surface area contributed by atoms with Crippen LogP contribution in [0.1, 0.15) is 0 Å². The predicted octanol–water partition coefficient (Wildman–Crippen LogP) is 11.6. The van der Waals surface area contributed by atoms with Gasteiger partial charge in [0.25, 0.3) is 0 Å². The van der Waals surface area contributed by atoms with E-state index in [0.29, 0.717) is 17.5 Å². The maximum atomic E-state index is 5.18.